The van der Waals surface area contributed by atoms with Gasteiger partial charge in [0, 0.05) is 23.1 Å². The zero-order valence-corrected chi connectivity index (χ0v) is 13.2. The third-order valence-corrected chi connectivity index (χ3v) is 4.48. The van der Waals surface area contributed by atoms with Gasteiger partial charge in [-0.1, -0.05) is 23.2 Å². The maximum atomic E-state index is 12.8. The highest BCUT2D eigenvalue weighted by Crippen LogP contribution is 2.46. The average molecular weight is 316 g/mol. The number of hydrogen-bond donors (Lipinski definition) is 1. The topological polar surface area (TPSA) is 40.5 Å². The molecule has 0 spiro atoms. The largest absolute Gasteiger partial charge is 0.393 e. The summed E-state index contributed by atoms with van der Waals surface area (Å²) in [6, 6.07) is 5.21. The highest BCUT2D eigenvalue weighted by Gasteiger charge is 2.52. The summed E-state index contributed by atoms with van der Waals surface area (Å²) < 4.78 is 0. The standard InChI is InChI=1S/C15H19Cl2NO2/c1-3-18(4-2)14(20)15(8-13(19)9-15)10-5-11(16)7-12(17)6-10/h5-7,13,19H,3-4,8-9H2,1-2H3/t13-,15+. The number of benzene rings is 1. The molecule has 0 unspecified atom stereocenters. The minimum absolute atomic E-state index is 0.0473. The molecule has 20 heavy (non-hydrogen) atoms. The Labute approximate surface area is 129 Å². The number of aliphatic hydroxyl groups excluding tert-OH is 1. The van der Waals surface area contributed by atoms with Crippen LogP contribution in [0.2, 0.25) is 10.0 Å². The zero-order chi connectivity index (χ0) is 14.9. The van der Waals surface area contributed by atoms with Gasteiger partial charge in [-0.05, 0) is 50.5 Å². The van der Waals surface area contributed by atoms with Crippen LogP contribution in [0.15, 0.2) is 18.2 Å². The Kier molecular flexibility index (Phi) is 4.62. The van der Waals surface area contributed by atoms with Gasteiger partial charge in [0.2, 0.25) is 5.91 Å². The van der Waals surface area contributed by atoms with Crippen LogP contribution in [0.5, 0.6) is 0 Å². The van der Waals surface area contributed by atoms with Crippen LogP contribution in [0.4, 0.5) is 0 Å². The number of aliphatic hydroxyl groups is 1. The van der Waals surface area contributed by atoms with Gasteiger partial charge in [-0.2, -0.15) is 0 Å². The summed E-state index contributed by atoms with van der Waals surface area (Å²) in [6.07, 6.45) is 0.421. The lowest BCUT2D eigenvalue weighted by molar-refractivity contribution is -0.145. The fourth-order valence-electron chi connectivity index (χ4n) is 2.92. The van der Waals surface area contributed by atoms with Crippen LogP contribution in [-0.2, 0) is 10.2 Å². The molecule has 1 aliphatic rings. The van der Waals surface area contributed by atoms with Gasteiger partial charge in [0.1, 0.15) is 0 Å². The molecule has 5 heteroatoms. The van der Waals surface area contributed by atoms with E-state index in [4.69, 9.17) is 23.2 Å². The van der Waals surface area contributed by atoms with Gasteiger partial charge in [0.25, 0.3) is 0 Å². The molecule has 1 amide bonds. The van der Waals surface area contributed by atoms with Crippen LogP contribution < -0.4 is 0 Å². The summed E-state index contributed by atoms with van der Waals surface area (Å²) in [5.74, 6) is 0.0473. The first-order valence-corrected chi connectivity index (χ1v) is 7.62. The molecule has 1 fully saturated rings. The molecule has 0 atom stereocenters. The van der Waals surface area contributed by atoms with Crippen LogP contribution >= 0.6 is 23.2 Å². The number of rotatable bonds is 4. The number of hydrogen-bond acceptors (Lipinski definition) is 2. The van der Waals surface area contributed by atoms with Crippen molar-refractivity contribution < 1.29 is 9.90 Å². The predicted octanol–water partition coefficient (Wildman–Crippen LogP) is 3.25. The number of amides is 1. The highest BCUT2D eigenvalue weighted by atomic mass is 35.5. The Morgan fingerprint density at radius 3 is 2.15 bits per heavy atom. The van der Waals surface area contributed by atoms with Gasteiger partial charge < -0.3 is 10.0 Å². The fraction of sp³-hybridized carbons (Fsp3) is 0.533. The third kappa shape index (κ3) is 2.67. The molecule has 0 aliphatic heterocycles. The molecular weight excluding hydrogens is 297 g/mol. The van der Waals surface area contributed by atoms with Crippen molar-refractivity contribution in [3.05, 3.63) is 33.8 Å². The monoisotopic (exact) mass is 315 g/mol. The van der Waals surface area contributed by atoms with Gasteiger partial charge in [0.05, 0.1) is 11.5 Å². The smallest absolute Gasteiger partial charge is 0.233 e. The van der Waals surface area contributed by atoms with Gasteiger partial charge in [0.15, 0.2) is 0 Å². The molecule has 1 aliphatic carbocycles. The van der Waals surface area contributed by atoms with E-state index in [1.165, 1.54) is 0 Å². The zero-order valence-electron chi connectivity index (χ0n) is 11.7. The van der Waals surface area contributed by atoms with Gasteiger partial charge in [-0.15, -0.1) is 0 Å². The predicted molar refractivity (Wildman–Crippen MR) is 81.3 cm³/mol. The van der Waals surface area contributed by atoms with Crippen LogP contribution in [-0.4, -0.2) is 35.1 Å². The second-order valence-corrected chi connectivity index (χ2v) is 6.15. The van der Waals surface area contributed by atoms with E-state index in [0.29, 0.717) is 36.0 Å². The molecular formula is C15H19Cl2NO2. The van der Waals surface area contributed by atoms with Crippen molar-refractivity contribution in [3.8, 4) is 0 Å². The first kappa shape index (κ1) is 15.6. The number of nitrogens with zero attached hydrogens (tertiary/aromatic N) is 1. The molecule has 110 valence electrons. The average Bonchev–Trinajstić information content (AvgIpc) is 2.34. The number of likely N-dealkylation sites (N-methyl/N-ethyl adjacent to an activating group) is 1. The van der Waals surface area contributed by atoms with Crippen molar-refractivity contribution in [2.75, 3.05) is 13.1 Å². The van der Waals surface area contributed by atoms with E-state index in [2.05, 4.69) is 0 Å². The summed E-state index contributed by atoms with van der Waals surface area (Å²) in [4.78, 5) is 14.6. The molecule has 2 rings (SSSR count). The lowest BCUT2D eigenvalue weighted by Gasteiger charge is -2.46. The van der Waals surface area contributed by atoms with Gasteiger partial charge in [-0.25, -0.2) is 0 Å². The van der Waals surface area contributed by atoms with Crippen molar-refractivity contribution in [2.24, 2.45) is 0 Å². The summed E-state index contributed by atoms with van der Waals surface area (Å²) in [5, 5.41) is 10.8. The van der Waals surface area contributed by atoms with Gasteiger partial charge >= 0.3 is 0 Å². The summed E-state index contributed by atoms with van der Waals surface area (Å²) in [6.45, 7) is 5.22. The van der Waals surface area contributed by atoms with Crippen molar-refractivity contribution in [3.63, 3.8) is 0 Å². The fourth-order valence-corrected chi connectivity index (χ4v) is 3.45. The minimum atomic E-state index is -0.681. The SMILES string of the molecule is CCN(CC)C(=O)[C@]1(c2cc(Cl)cc(Cl)c2)C[C@H](O)C1. The van der Waals surface area contributed by atoms with E-state index in [-0.39, 0.29) is 5.91 Å². The highest BCUT2D eigenvalue weighted by molar-refractivity contribution is 6.34. The normalized spacial score (nSPS) is 25.1. The van der Waals surface area contributed by atoms with E-state index < -0.39 is 11.5 Å². The Bertz CT molecular complexity index is 488. The number of carbonyl (C=O) groups is 1. The maximum Gasteiger partial charge on any atom is 0.233 e. The van der Waals surface area contributed by atoms with Crippen LogP contribution in [0.25, 0.3) is 0 Å². The Balaban J connectivity index is 2.42. The quantitative estimate of drug-likeness (QED) is 0.926. The lowest BCUT2D eigenvalue weighted by Crippen LogP contribution is -2.56. The third-order valence-electron chi connectivity index (χ3n) is 4.04. The van der Waals surface area contributed by atoms with Gasteiger partial charge in [-0.3, -0.25) is 4.79 Å². The first-order valence-electron chi connectivity index (χ1n) is 6.87. The van der Waals surface area contributed by atoms with Crippen molar-refractivity contribution in [1.82, 2.24) is 4.90 Å². The minimum Gasteiger partial charge on any atom is -0.393 e. The Morgan fingerprint density at radius 2 is 1.75 bits per heavy atom. The van der Waals surface area contributed by atoms with Crippen LogP contribution in [0.3, 0.4) is 0 Å². The van der Waals surface area contributed by atoms with E-state index in [1.807, 2.05) is 13.8 Å². The van der Waals surface area contributed by atoms with Crippen molar-refractivity contribution in [2.45, 2.75) is 38.2 Å². The van der Waals surface area contributed by atoms with E-state index in [0.717, 1.165) is 5.56 Å². The van der Waals surface area contributed by atoms with Crippen LogP contribution in [0.1, 0.15) is 32.3 Å². The van der Waals surface area contributed by atoms with Crippen molar-refractivity contribution >= 4 is 29.1 Å². The Morgan fingerprint density at radius 1 is 1.25 bits per heavy atom. The molecule has 1 aromatic rings. The number of halogens is 2. The van der Waals surface area contributed by atoms with Crippen LogP contribution in [0, 0.1) is 0 Å². The lowest BCUT2D eigenvalue weighted by atomic mass is 9.61. The molecule has 0 heterocycles. The van der Waals surface area contributed by atoms with Crippen molar-refractivity contribution in [1.29, 1.82) is 0 Å². The first-order chi connectivity index (χ1) is 9.42. The Hall–Kier alpha value is -0.770. The second-order valence-electron chi connectivity index (χ2n) is 5.28. The molecule has 3 nitrogen and oxygen atoms in total. The van der Waals surface area contributed by atoms with E-state index >= 15 is 0 Å². The summed E-state index contributed by atoms with van der Waals surface area (Å²) in [7, 11) is 0. The molecule has 1 aromatic carbocycles. The van der Waals surface area contributed by atoms with E-state index in [9.17, 15) is 9.90 Å². The van der Waals surface area contributed by atoms with E-state index in [1.54, 1.807) is 23.1 Å². The summed E-state index contributed by atoms with van der Waals surface area (Å²) >= 11 is 12.1. The molecule has 1 saturated carbocycles. The molecule has 0 bridgehead atoms. The second kappa shape index (κ2) is 5.92. The number of carbonyl (C=O) groups excluding carboxylic acids is 1. The summed E-state index contributed by atoms with van der Waals surface area (Å²) in [5.41, 5.74) is 0.122. The maximum absolute atomic E-state index is 12.8. The molecule has 1 N–H and O–H groups in total. The molecule has 0 aromatic heterocycles. The molecule has 0 radical (unpaired) electrons. The molecule has 0 saturated heterocycles.